The highest BCUT2D eigenvalue weighted by Gasteiger charge is 2.16. The van der Waals surface area contributed by atoms with E-state index in [1.807, 2.05) is 84.9 Å². The van der Waals surface area contributed by atoms with Crippen LogP contribution in [-0.4, -0.2) is 20.9 Å². The Kier molecular flexibility index (Phi) is 8.43. The molecule has 0 aliphatic heterocycles. The van der Waals surface area contributed by atoms with Crippen LogP contribution in [-0.2, 0) is 21.4 Å². The van der Waals surface area contributed by atoms with Crippen molar-refractivity contribution >= 4 is 33.4 Å². The zero-order valence-electron chi connectivity index (χ0n) is 19.7. The van der Waals surface area contributed by atoms with Gasteiger partial charge in [0.2, 0.25) is 10.0 Å². The highest BCUT2D eigenvalue weighted by molar-refractivity contribution is 7.99. The number of carbonyl (C=O) groups excluding carboxylic acids is 1. The molecule has 0 radical (unpaired) electrons. The molecule has 4 aromatic rings. The molecule has 36 heavy (non-hydrogen) atoms. The van der Waals surface area contributed by atoms with Gasteiger partial charge >= 0.3 is 0 Å². The Hall–Kier alpha value is -3.59. The summed E-state index contributed by atoms with van der Waals surface area (Å²) >= 11 is 1.56. The van der Waals surface area contributed by atoms with Gasteiger partial charge in [-0.2, -0.15) is 0 Å². The van der Waals surface area contributed by atoms with Crippen molar-refractivity contribution in [1.82, 2.24) is 4.72 Å². The largest absolute Gasteiger partial charge is 0.483 e. The van der Waals surface area contributed by atoms with E-state index in [9.17, 15) is 13.2 Å². The second kappa shape index (κ2) is 11.9. The van der Waals surface area contributed by atoms with Gasteiger partial charge in [0.1, 0.15) is 5.75 Å². The number of carbonyl (C=O) groups is 1. The SMILES string of the molecule is Cc1cc(S(=O)(=O)NCc2ccccc2)ccc1OCC(=O)Nc1ccccc1Sc1ccccc1. The number of rotatable bonds is 10. The minimum Gasteiger partial charge on any atom is -0.483 e. The molecule has 6 nitrogen and oxygen atoms in total. The summed E-state index contributed by atoms with van der Waals surface area (Å²) in [5, 5.41) is 2.90. The maximum Gasteiger partial charge on any atom is 0.262 e. The lowest BCUT2D eigenvalue weighted by Crippen LogP contribution is -2.23. The standard InChI is InChI=1S/C28H26N2O4S2/c1-21-18-24(36(32,33)29-19-22-10-4-2-5-11-22)16-17-26(21)34-20-28(31)30-25-14-8-9-15-27(25)35-23-12-6-3-7-13-23/h2-18,29H,19-20H2,1H3,(H,30,31). The van der Waals surface area contributed by atoms with Crippen molar-refractivity contribution < 1.29 is 17.9 Å². The molecule has 0 heterocycles. The second-order valence-electron chi connectivity index (χ2n) is 7.99. The third kappa shape index (κ3) is 6.97. The molecule has 4 rings (SSSR count). The third-order valence-corrected chi connectivity index (χ3v) is 7.74. The predicted molar refractivity (Wildman–Crippen MR) is 143 cm³/mol. The van der Waals surface area contributed by atoms with E-state index in [1.165, 1.54) is 12.1 Å². The Bertz CT molecular complexity index is 1430. The van der Waals surface area contributed by atoms with Gasteiger partial charge in [0.25, 0.3) is 5.91 Å². The number of nitrogens with one attached hydrogen (secondary N) is 2. The number of hydrogen-bond donors (Lipinski definition) is 2. The van der Waals surface area contributed by atoms with Crippen molar-refractivity contribution in [3.63, 3.8) is 0 Å². The number of benzene rings is 4. The summed E-state index contributed by atoms with van der Waals surface area (Å²) in [6.07, 6.45) is 0. The Morgan fingerprint density at radius 3 is 2.25 bits per heavy atom. The molecular weight excluding hydrogens is 492 g/mol. The maximum atomic E-state index is 12.7. The molecule has 0 bridgehead atoms. The summed E-state index contributed by atoms with van der Waals surface area (Å²) in [7, 11) is -3.69. The lowest BCUT2D eigenvalue weighted by Gasteiger charge is -2.13. The fourth-order valence-electron chi connectivity index (χ4n) is 3.41. The van der Waals surface area contributed by atoms with Gasteiger partial charge < -0.3 is 10.1 Å². The average molecular weight is 519 g/mol. The Morgan fingerprint density at radius 1 is 0.861 bits per heavy atom. The number of hydrogen-bond acceptors (Lipinski definition) is 5. The monoisotopic (exact) mass is 518 g/mol. The molecule has 184 valence electrons. The minimum atomic E-state index is -3.69. The first-order valence-corrected chi connectivity index (χ1v) is 13.6. The van der Waals surface area contributed by atoms with E-state index < -0.39 is 10.0 Å². The van der Waals surface area contributed by atoms with Gasteiger partial charge in [-0.3, -0.25) is 4.79 Å². The smallest absolute Gasteiger partial charge is 0.262 e. The molecule has 2 N–H and O–H groups in total. The highest BCUT2D eigenvalue weighted by atomic mass is 32.2. The van der Waals surface area contributed by atoms with Crippen LogP contribution in [0.4, 0.5) is 5.69 Å². The first-order valence-electron chi connectivity index (χ1n) is 11.3. The molecule has 0 aromatic heterocycles. The van der Waals surface area contributed by atoms with Crippen molar-refractivity contribution in [1.29, 1.82) is 0 Å². The molecular formula is C28H26N2O4S2. The molecule has 0 fully saturated rings. The zero-order chi connectivity index (χ0) is 25.4. The number of sulfonamides is 1. The van der Waals surface area contributed by atoms with Crippen LogP contribution in [0, 0.1) is 6.92 Å². The van der Waals surface area contributed by atoms with E-state index in [0.717, 1.165) is 15.4 Å². The molecule has 0 saturated heterocycles. The first-order chi connectivity index (χ1) is 17.4. The molecule has 0 unspecified atom stereocenters. The fourth-order valence-corrected chi connectivity index (χ4v) is 5.44. The highest BCUT2D eigenvalue weighted by Crippen LogP contribution is 2.33. The van der Waals surface area contributed by atoms with Crippen LogP contribution in [0.1, 0.15) is 11.1 Å². The van der Waals surface area contributed by atoms with Crippen molar-refractivity contribution in [2.75, 3.05) is 11.9 Å². The van der Waals surface area contributed by atoms with Crippen LogP contribution in [0.5, 0.6) is 5.75 Å². The van der Waals surface area contributed by atoms with E-state index in [0.29, 0.717) is 17.0 Å². The van der Waals surface area contributed by atoms with E-state index >= 15 is 0 Å². The molecule has 0 aliphatic rings. The summed E-state index contributed by atoms with van der Waals surface area (Å²) in [5.41, 5.74) is 2.18. The van der Waals surface area contributed by atoms with Crippen LogP contribution in [0.2, 0.25) is 0 Å². The predicted octanol–water partition coefficient (Wildman–Crippen LogP) is 5.64. The molecule has 0 aliphatic carbocycles. The number of anilines is 1. The Labute approximate surface area is 215 Å². The molecule has 0 spiro atoms. The molecule has 0 atom stereocenters. The van der Waals surface area contributed by atoms with Gasteiger partial charge in [-0.15, -0.1) is 0 Å². The summed E-state index contributed by atoms with van der Waals surface area (Å²) in [5.74, 6) is 0.135. The minimum absolute atomic E-state index is 0.139. The van der Waals surface area contributed by atoms with Crippen LogP contribution < -0.4 is 14.8 Å². The topological polar surface area (TPSA) is 84.5 Å². The molecule has 0 saturated carbocycles. The quantitative estimate of drug-likeness (QED) is 0.284. The summed E-state index contributed by atoms with van der Waals surface area (Å²) in [6, 6.07) is 31.4. The maximum absolute atomic E-state index is 12.7. The van der Waals surface area contributed by atoms with Crippen molar-refractivity contribution in [2.45, 2.75) is 28.2 Å². The van der Waals surface area contributed by atoms with Crippen molar-refractivity contribution in [2.24, 2.45) is 0 Å². The van der Waals surface area contributed by atoms with Crippen molar-refractivity contribution in [3.8, 4) is 5.75 Å². The third-order valence-electron chi connectivity index (χ3n) is 5.26. The molecule has 1 amide bonds. The second-order valence-corrected chi connectivity index (χ2v) is 10.9. The lowest BCUT2D eigenvalue weighted by atomic mass is 10.2. The van der Waals surface area contributed by atoms with Gasteiger partial charge in [-0.1, -0.05) is 72.4 Å². The van der Waals surface area contributed by atoms with Crippen LogP contribution in [0.15, 0.2) is 118 Å². The van der Waals surface area contributed by atoms with Crippen molar-refractivity contribution in [3.05, 3.63) is 114 Å². The first kappa shape index (κ1) is 25.5. The summed E-state index contributed by atoms with van der Waals surface area (Å²) in [6.45, 7) is 1.74. The number of aryl methyl sites for hydroxylation is 1. The van der Waals surface area contributed by atoms with Crippen LogP contribution in [0.25, 0.3) is 0 Å². The Morgan fingerprint density at radius 2 is 1.53 bits per heavy atom. The summed E-state index contributed by atoms with van der Waals surface area (Å²) < 4.78 is 33.7. The van der Waals surface area contributed by atoms with E-state index in [-0.39, 0.29) is 24.0 Å². The van der Waals surface area contributed by atoms with E-state index in [4.69, 9.17) is 4.74 Å². The van der Waals surface area contributed by atoms with E-state index in [2.05, 4.69) is 10.0 Å². The fraction of sp³-hybridized carbons (Fsp3) is 0.107. The zero-order valence-corrected chi connectivity index (χ0v) is 21.3. The van der Waals surface area contributed by atoms with Crippen LogP contribution in [0.3, 0.4) is 0 Å². The van der Waals surface area contributed by atoms with Crippen LogP contribution >= 0.6 is 11.8 Å². The number of para-hydroxylation sites is 1. The number of amides is 1. The van der Waals surface area contributed by atoms with Gasteiger partial charge in [0.05, 0.1) is 10.6 Å². The van der Waals surface area contributed by atoms with E-state index in [1.54, 1.807) is 24.8 Å². The van der Waals surface area contributed by atoms with Gasteiger partial charge in [0.15, 0.2) is 6.61 Å². The van der Waals surface area contributed by atoms with Gasteiger partial charge in [0, 0.05) is 16.3 Å². The molecule has 8 heteroatoms. The van der Waals surface area contributed by atoms with Gasteiger partial charge in [-0.05, 0) is 60.5 Å². The lowest BCUT2D eigenvalue weighted by molar-refractivity contribution is -0.118. The molecule has 4 aromatic carbocycles. The average Bonchev–Trinajstić information content (AvgIpc) is 2.89. The normalized spacial score (nSPS) is 11.1. The summed E-state index contributed by atoms with van der Waals surface area (Å²) in [4.78, 5) is 14.7. The Balaban J connectivity index is 1.35. The number of ether oxygens (including phenoxy) is 1. The van der Waals surface area contributed by atoms with Gasteiger partial charge in [-0.25, -0.2) is 13.1 Å².